The summed E-state index contributed by atoms with van der Waals surface area (Å²) in [5, 5.41) is 0.794. The van der Waals surface area contributed by atoms with E-state index in [1.165, 1.54) is 0 Å². The molecule has 0 bridgehead atoms. The van der Waals surface area contributed by atoms with Gasteiger partial charge in [0.25, 0.3) is 0 Å². The van der Waals surface area contributed by atoms with Gasteiger partial charge in [0.2, 0.25) is 0 Å². The fourth-order valence-electron chi connectivity index (χ4n) is 2.17. The van der Waals surface area contributed by atoms with Gasteiger partial charge in [0.15, 0.2) is 0 Å². The van der Waals surface area contributed by atoms with Crippen molar-refractivity contribution in [2.45, 2.75) is 24.1 Å². The van der Waals surface area contributed by atoms with Crippen LogP contribution >= 0.6 is 23.2 Å². The first-order valence-electron chi connectivity index (χ1n) is 5.92. The molecule has 0 saturated carbocycles. The Labute approximate surface area is 118 Å². The van der Waals surface area contributed by atoms with Crippen LogP contribution in [0.25, 0.3) is 0 Å². The Morgan fingerprint density at radius 2 is 2.17 bits per heavy atom. The molecule has 18 heavy (non-hydrogen) atoms. The molecule has 1 aliphatic carbocycles. The lowest BCUT2D eigenvalue weighted by atomic mass is 9.82. The fourth-order valence-corrected chi connectivity index (χ4v) is 2.88. The summed E-state index contributed by atoms with van der Waals surface area (Å²) >= 11 is 12.8. The standard InChI is InChI=1S/C15H16Cl2O/c1-11(12-5-3-7-14(9-12)18-2)15(17)8-4-6-13(16)10-15/h3-9,11H,10H2,1-2H3. The normalized spacial score (nSPS) is 24.6. The van der Waals surface area contributed by atoms with E-state index in [1.807, 2.05) is 36.4 Å². The first kappa shape index (κ1) is 13.5. The minimum Gasteiger partial charge on any atom is -0.497 e. The SMILES string of the molecule is COc1cccc(C(C)C2(Cl)C=CC=C(Cl)C2)c1. The molecule has 3 heteroatoms. The largest absolute Gasteiger partial charge is 0.497 e. The molecule has 1 aromatic carbocycles. The van der Waals surface area contributed by atoms with Crippen LogP contribution in [0.2, 0.25) is 0 Å². The highest BCUT2D eigenvalue weighted by atomic mass is 35.5. The lowest BCUT2D eigenvalue weighted by Crippen LogP contribution is -2.27. The molecule has 0 saturated heterocycles. The average Bonchev–Trinajstić information content (AvgIpc) is 2.37. The van der Waals surface area contributed by atoms with E-state index in [4.69, 9.17) is 27.9 Å². The Kier molecular flexibility index (Phi) is 4.04. The molecule has 0 N–H and O–H groups in total. The number of allylic oxidation sites excluding steroid dienone is 4. The predicted molar refractivity (Wildman–Crippen MR) is 77.7 cm³/mol. The smallest absolute Gasteiger partial charge is 0.119 e. The highest BCUT2D eigenvalue weighted by Gasteiger charge is 2.34. The van der Waals surface area contributed by atoms with Crippen molar-refractivity contribution in [1.29, 1.82) is 0 Å². The third-order valence-electron chi connectivity index (χ3n) is 3.40. The molecule has 0 radical (unpaired) electrons. The molecule has 0 spiro atoms. The summed E-state index contributed by atoms with van der Waals surface area (Å²) in [6.07, 6.45) is 6.49. The average molecular weight is 283 g/mol. The second-order valence-corrected chi connectivity index (χ2v) is 5.76. The lowest BCUT2D eigenvalue weighted by Gasteiger charge is -2.32. The van der Waals surface area contributed by atoms with Gasteiger partial charge >= 0.3 is 0 Å². The van der Waals surface area contributed by atoms with Crippen molar-refractivity contribution in [3.63, 3.8) is 0 Å². The first-order chi connectivity index (χ1) is 8.55. The van der Waals surface area contributed by atoms with Crippen LogP contribution in [0.5, 0.6) is 5.75 Å². The Morgan fingerprint density at radius 3 is 2.83 bits per heavy atom. The molecule has 2 unspecified atom stereocenters. The number of alkyl halides is 1. The topological polar surface area (TPSA) is 9.23 Å². The van der Waals surface area contributed by atoms with Gasteiger partial charge in [-0.25, -0.2) is 0 Å². The number of hydrogen-bond acceptors (Lipinski definition) is 1. The lowest BCUT2D eigenvalue weighted by molar-refractivity contribution is 0.413. The van der Waals surface area contributed by atoms with E-state index in [2.05, 4.69) is 13.0 Å². The van der Waals surface area contributed by atoms with E-state index < -0.39 is 4.87 Å². The summed E-state index contributed by atoms with van der Waals surface area (Å²) in [5.74, 6) is 1.01. The molecule has 0 aliphatic heterocycles. The highest BCUT2D eigenvalue weighted by Crippen LogP contribution is 2.43. The zero-order valence-electron chi connectivity index (χ0n) is 10.5. The number of benzene rings is 1. The van der Waals surface area contributed by atoms with Crippen molar-refractivity contribution in [1.82, 2.24) is 0 Å². The third kappa shape index (κ3) is 2.73. The van der Waals surface area contributed by atoms with Crippen LogP contribution < -0.4 is 4.74 Å². The van der Waals surface area contributed by atoms with E-state index in [0.717, 1.165) is 16.3 Å². The summed E-state index contributed by atoms with van der Waals surface area (Å²) in [5.41, 5.74) is 1.15. The maximum Gasteiger partial charge on any atom is 0.119 e. The van der Waals surface area contributed by atoms with Crippen LogP contribution in [0, 0.1) is 0 Å². The van der Waals surface area contributed by atoms with E-state index in [-0.39, 0.29) is 5.92 Å². The van der Waals surface area contributed by atoms with Crippen LogP contribution in [0.4, 0.5) is 0 Å². The van der Waals surface area contributed by atoms with Crippen molar-refractivity contribution in [2.24, 2.45) is 0 Å². The van der Waals surface area contributed by atoms with Gasteiger partial charge in [-0.15, -0.1) is 11.6 Å². The molecule has 1 nitrogen and oxygen atoms in total. The van der Waals surface area contributed by atoms with Crippen molar-refractivity contribution >= 4 is 23.2 Å². The molecule has 2 atom stereocenters. The van der Waals surface area contributed by atoms with Crippen molar-refractivity contribution in [3.05, 3.63) is 53.1 Å². The van der Waals surface area contributed by atoms with Gasteiger partial charge in [0.1, 0.15) is 5.75 Å². The Morgan fingerprint density at radius 1 is 1.39 bits per heavy atom. The summed E-state index contributed by atoms with van der Waals surface area (Å²) in [6, 6.07) is 8.00. The molecule has 0 amide bonds. The summed E-state index contributed by atoms with van der Waals surface area (Å²) in [7, 11) is 1.67. The third-order valence-corrected chi connectivity index (χ3v) is 4.25. The minimum atomic E-state index is -0.460. The monoisotopic (exact) mass is 282 g/mol. The van der Waals surface area contributed by atoms with Gasteiger partial charge in [0.05, 0.1) is 12.0 Å². The predicted octanol–water partition coefficient (Wildman–Crippen LogP) is 4.86. The molecule has 2 rings (SSSR count). The van der Waals surface area contributed by atoms with E-state index in [1.54, 1.807) is 7.11 Å². The summed E-state index contributed by atoms with van der Waals surface area (Å²) < 4.78 is 5.25. The second kappa shape index (κ2) is 5.38. The maximum atomic E-state index is 6.70. The quantitative estimate of drug-likeness (QED) is 0.720. The van der Waals surface area contributed by atoms with Crippen LogP contribution in [-0.4, -0.2) is 12.0 Å². The summed E-state index contributed by atoms with van der Waals surface area (Å²) in [4.78, 5) is -0.460. The first-order valence-corrected chi connectivity index (χ1v) is 6.67. The number of methoxy groups -OCH3 is 1. The number of hydrogen-bond donors (Lipinski definition) is 0. The Balaban J connectivity index is 2.28. The number of rotatable bonds is 3. The van der Waals surface area contributed by atoms with Crippen LogP contribution in [-0.2, 0) is 0 Å². The van der Waals surface area contributed by atoms with Gasteiger partial charge in [-0.3, -0.25) is 0 Å². The fraction of sp³-hybridized carbons (Fsp3) is 0.333. The van der Waals surface area contributed by atoms with E-state index in [0.29, 0.717) is 6.42 Å². The van der Waals surface area contributed by atoms with Crippen LogP contribution in [0.1, 0.15) is 24.8 Å². The van der Waals surface area contributed by atoms with Gasteiger partial charge in [0, 0.05) is 17.4 Å². The highest BCUT2D eigenvalue weighted by molar-refractivity contribution is 6.32. The minimum absolute atomic E-state index is 0.160. The van der Waals surface area contributed by atoms with E-state index >= 15 is 0 Å². The molecule has 0 heterocycles. The molecular weight excluding hydrogens is 267 g/mol. The molecule has 0 fully saturated rings. The van der Waals surface area contributed by atoms with Gasteiger partial charge in [-0.05, 0) is 23.8 Å². The number of halogens is 2. The number of ether oxygens (including phenoxy) is 1. The molecule has 1 aliphatic rings. The second-order valence-electron chi connectivity index (χ2n) is 4.57. The van der Waals surface area contributed by atoms with Crippen LogP contribution in [0.3, 0.4) is 0 Å². The van der Waals surface area contributed by atoms with Crippen LogP contribution in [0.15, 0.2) is 47.5 Å². The Hall–Kier alpha value is -0.920. The Bertz CT molecular complexity index is 493. The molecule has 96 valence electrons. The van der Waals surface area contributed by atoms with Crippen molar-refractivity contribution in [2.75, 3.05) is 7.11 Å². The zero-order valence-corrected chi connectivity index (χ0v) is 12.0. The van der Waals surface area contributed by atoms with Crippen molar-refractivity contribution < 1.29 is 4.74 Å². The van der Waals surface area contributed by atoms with Gasteiger partial charge in [-0.2, -0.15) is 0 Å². The molecule has 1 aromatic rings. The van der Waals surface area contributed by atoms with Gasteiger partial charge < -0.3 is 4.74 Å². The molecule has 0 aromatic heterocycles. The van der Waals surface area contributed by atoms with Gasteiger partial charge in [-0.1, -0.05) is 42.8 Å². The molecular formula is C15H16Cl2O. The summed E-state index contributed by atoms with van der Waals surface area (Å²) in [6.45, 7) is 2.11. The zero-order chi connectivity index (χ0) is 13.2. The van der Waals surface area contributed by atoms with E-state index in [9.17, 15) is 0 Å². The van der Waals surface area contributed by atoms with Crippen molar-refractivity contribution in [3.8, 4) is 5.75 Å². The maximum absolute atomic E-state index is 6.70.